The third-order valence-electron chi connectivity index (χ3n) is 2.55. The van der Waals surface area contributed by atoms with Gasteiger partial charge in [-0.05, 0) is 32.0 Å². The molecule has 0 heterocycles. The molecule has 0 bridgehead atoms. The first-order valence-corrected chi connectivity index (χ1v) is 5.33. The van der Waals surface area contributed by atoms with Crippen molar-refractivity contribution in [3.63, 3.8) is 0 Å². The number of hydrogen-bond acceptors (Lipinski definition) is 2. The predicted molar refractivity (Wildman–Crippen MR) is 60.0 cm³/mol. The van der Waals surface area contributed by atoms with Crippen LogP contribution in [0.3, 0.4) is 0 Å². The number of hydrogen-bond donors (Lipinski definition) is 1. The normalized spacial score (nSPS) is 14.8. The molecule has 0 radical (unpaired) electrons. The summed E-state index contributed by atoms with van der Waals surface area (Å²) in [6.45, 7) is 3.07. The number of alkyl halides is 2. The van der Waals surface area contributed by atoms with Crippen molar-refractivity contribution in [2.24, 2.45) is 0 Å². The van der Waals surface area contributed by atoms with Gasteiger partial charge in [0.05, 0.1) is 13.2 Å². The highest BCUT2D eigenvalue weighted by Crippen LogP contribution is 2.26. The lowest BCUT2D eigenvalue weighted by Gasteiger charge is -2.21. The van der Waals surface area contributed by atoms with Gasteiger partial charge in [0, 0.05) is 11.6 Å². The van der Waals surface area contributed by atoms with Crippen LogP contribution < -0.4 is 10.1 Å². The van der Waals surface area contributed by atoms with E-state index in [0.717, 1.165) is 0 Å². The van der Waals surface area contributed by atoms with Crippen molar-refractivity contribution in [3.8, 4) is 5.75 Å². The van der Waals surface area contributed by atoms with Gasteiger partial charge in [-0.2, -0.15) is 0 Å². The highest BCUT2D eigenvalue weighted by atomic mass is 19.3. The summed E-state index contributed by atoms with van der Waals surface area (Å²) in [5.41, 5.74) is 0.528. The van der Waals surface area contributed by atoms with Crippen molar-refractivity contribution < 1.29 is 17.9 Å². The van der Waals surface area contributed by atoms with E-state index in [9.17, 15) is 13.2 Å². The van der Waals surface area contributed by atoms with Gasteiger partial charge in [0.25, 0.3) is 6.43 Å². The Bertz CT molecular complexity index is 371. The van der Waals surface area contributed by atoms with Gasteiger partial charge < -0.3 is 10.1 Å². The fourth-order valence-electron chi connectivity index (χ4n) is 1.60. The second kappa shape index (κ2) is 5.91. The standard InChI is InChI=1S/C12H16F3NO/c1-7(16-8(2)12(14)15)10-6-9(13)4-5-11(10)17-3/h4-8,12,16H,1-3H3. The molecule has 0 saturated heterocycles. The fraction of sp³-hybridized carbons (Fsp3) is 0.500. The Kier molecular flexibility index (Phi) is 4.81. The molecule has 5 heteroatoms. The molecule has 1 aromatic rings. The van der Waals surface area contributed by atoms with Crippen LogP contribution in [0.2, 0.25) is 0 Å². The Hall–Kier alpha value is -1.23. The Balaban J connectivity index is 2.87. The Morgan fingerprint density at radius 2 is 1.88 bits per heavy atom. The van der Waals surface area contributed by atoms with E-state index in [0.29, 0.717) is 11.3 Å². The zero-order valence-electron chi connectivity index (χ0n) is 10.0. The Labute approximate surface area is 98.8 Å². The monoisotopic (exact) mass is 247 g/mol. The molecule has 0 aromatic heterocycles. The first kappa shape index (κ1) is 13.8. The predicted octanol–water partition coefficient (Wildman–Crippen LogP) is 3.14. The summed E-state index contributed by atoms with van der Waals surface area (Å²) in [6, 6.07) is 2.67. The first-order valence-electron chi connectivity index (χ1n) is 5.33. The van der Waals surface area contributed by atoms with Gasteiger partial charge in [-0.25, -0.2) is 13.2 Å². The molecule has 0 saturated carbocycles. The maximum Gasteiger partial charge on any atom is 0.253 e. The quantitative estimate of drug-likeness (QED) is 0.863. The Morgan fingerprint density at radius 1 is 1.24 bits per heavy atom. The summed E-state index contributed by atoms with van der Waals surface area (Å²) >= 11 is 0. The number of benzene rings is 1. The molecule has 1 rings (SSSR count). The largest absolute Gasteiger partial charge is 0.496 e. The molecule has 96 valence electrons. The molecule has 2 nitrogen and oxygen atoms in total. The van der Waals surface area contributed by atoms with Gasteiger partial charge >= 0.3 is 0 Å². The first-order chi connectivity index (χ1) is 7.95. The number of methoxy groups -OCH3 is 1. The van der Waals surface area contributed by atoms with Crippen molar-refractivity contribution in [1.82, 2.24) is 5.32 Å². The molecule has 0 spiro atoms. The van der Waals surface area contributed by atoms with E-state index in [1.807, 2.05) is 0 Å². The van der Waals surface area contributed by atoms with E-state index in [1.54, 1.807) is 6.92 Å². The van der Waals surface area contributed by atoms with Gasteiger partial charge in [-0.1, -0.05) is 0 Å². The molecule has 1 aromatic carbocycles. The van der Waals surface area contributed by atoms with Gasteiger partial charge in [-0.15, -0.1) is 0 Å². The van der Waals surface area contributed by atoms with Crippen LogP contribution >= 0.6 is 0 Å². The SMILES string of the molecule is COc1ccc(F)cc1C(C)NC(C)C(F)F. The minimum absolute atomic E-state index is 0.412. The van der Waals surface area contributed by atoms with E-state index in [1.165, 1.54) is 32.2 Å². The zero-order chi connectivity index (χ0) is 13.0. The van der Waals surface area contributed by atoms with Crippen LogP contribution in [0.1, 0.15) is 25.5 Å². The van der Waals surface area contributed by atoms with Crippen LogP contribution in [-0.4, -0.2) is 19.6 Å². The molecular weight excluding hydrogens is 231 g/mol. The lowest BCUT2D eigenvalue weighted by Crippen LogP contribution is -2.34. The second-order valence-corrected chi connectivity index (χ2v) is 3.90. The molecule has 2 unspecified atom stereocenters. The van der Waals surface area contributed by atoms with E-state index in [2.05, 4.69) is 5.32 Å². The van der Waals surface area contributed by atoms with Crippen molar-refractivity contribution in [3.05, 3.63) is 29.6 Å². The van der Waals surface area contributed by atoms with Crippen LogP contribution in [-0.2, 0) is 0 Å². The van der Waals surface area contributed by atoms with Crippen molar-refractivity contribution >= 4 is 0 Å². The summed E-state index contributed by atoms with van der Waals surface area (Å²) < 4.78 is 43.0. The third kappa shape index (κ3) is 3.63. The molecule has 2 atom stereocenters. The van der Waals surface area contributed by atoms with Gasteiger partial charge in [0.2, 0.25) is 0 Å². The summed E-state index contributed by atoms with van der Waals surface area (Å²) in [6.07, 6.45) is -2.46. The van der Waals surface area contributed by atoms with E-state index in [-0.39, 0.29) is 0 Å². The summed E-state index contributed by atoms with van der Waals surface area (Å²) in [5.74, 6) is 0.0621. The molecule has 0 amide bonds. The summed E-state index contributed by atoms with van der Waals surface area (Å²) in [5, 5.41) is 2.70. The number of rotatable bonds is 5. The fourth-order valence-corrected chi connectivity index (χ4v) is 1.60. The van der Waals surface area contributed by atoms with Crippen molar-refractivity contribution in [1.29, 1.82) is 0 Å². The lowest BCUT2D eigenvalue weighted by molar-refractivity contribution is 0.101. The highest BCUT2D eigenvalue weighted by molar-refractivity contribution is 5.36. The van der Waals surface area contributed by atoms with E-state index < -0.39 is 24.3 Å². The van der Waals surface area contributed by atoms with Crippen LogP contribution in [0.4, 0.5) is 13.2 Å². The molecular formula is C12H16F3NO. The van der Waals surface area contributed by atoms with Gasteiger partial charge in [0.1, 0.15) is 11.6 Å². The second-order valence-electron chi connectivity index (χ2n) is 3.90. The lowest BCUT2D eigenvalue weighted by atomic mass is 10.1. The topological polar surface area (TPSA) is 21.3 Å². The minimum Gasteiger partial charge on any atom is -0.496 e. The number of nitrogens with one attached hydrogen (secondary N) is 1. The molecule has 0 fully saturated rings. The number of ether oxygens (including phenoxy) is 1. The molecule has 0 aliphatic carbocycles. The average molecular weight is 247 g/mol. The zero-order valence-corrected chi connectivity index (χ0v) is 10.0. The summed E-state index contributed by atoms with van der Waals surface area (Å²) in [4.78, 5) is 0. The molecule has 0 aliphatic heterocycles. The van der Waals surface area contributed by atoms with E-state index in [4.69, 9.17) is 4.74 Å². The van der Waals surface area contributed by atoms with Crippen LogP contribution in [0.25, 0.3) is 0 Å². The third-order valence-corrected chi connectivity index (χ3v) is 2.55. The Morgan fingerprint density at radius 3 is 2.41 bits per heavy atom. The summed E-state index contributed by atoms with van der Waals surface area (Å²) in [7, 11) is 1.46. The smallest absolute Gasteiger partial charge is 0.253 e. The van der Waals surface area contributed by atoms with Crippen LogP contribution in [0, 0.1) is 5.82 Å². The van der Waals surface area contributed by atoms with Crippen molar-refractivity contribution in [2.45, 2.75) is 32.4 Å². The van der Waals surface area contributed by atoms with Crippen LogP contribution in [0.5, 0.6) is 5.75 Å². The van der Waals surface area contributed by atoms with Gasteiger partial charge in [-0.3, -0.25) is 0 Å². The maximum absolute atomic E-state index is 13.1. The molecule has 17 heavy (non-hydrogen) atoms. The highest BCUT2D eigenvalue weighted by Gasteiger charge is 2.19. The average Bonchev–Trinajstić information content (AvgIpc) is 2.28. The minimum atomic E-state index is -2.46. The molecule has 1 N–H and O–H groups in total. The molecule has 0 aliphatic rings. The number of halogens is 3. The van der Waals surface area contributed by atoms with Crippen LogP contribution in [0.15, 0.2) is 18.2 Å². The van der Waals surface area contributed by atoms with Gasteiger partial charge in [0.15, 0.2) is 0 Å². The van der Waals surface area contributed by atoms with E-state index >= 15 is 0 Å². The van der Waals surface area contributed by atoms with Crippen molar-refractivity contribution in [2.75, 3.05) is 7.11 Å². The maximum atomic E-state index is 13.1.